The van der Waals surface area contributed by atoms with Gasteiger partial charge in [0, 0.05) is 12.5 Å². The Hall–Kier alpha value is -1.90. The second-order valence-electron chi connectivity index (χ2n) is 3.99. The summed E-state index contributed by atoms with van der Waals surface area (Å²) in [6.07, 6.45) is -0.690. The number of hydrogen-bond acceptors (Lipinski definition) is 3. The first kappa shape index (κ1) is 13.2. The lowest BCUT2D eigenvalue weighted by Gasteiger charge is -2.18. The van der Waals surface area contributed by atoms with Crippen molar-refractivity contribution >= 4 is 11.8 Å². The first-order valence-electron chi connectivity index (χ1n) is 5.35. The van der Waals surface area contributed by atoms with Gasteiger partial charge in [-0.05, 0) is 19.4 Å². The van der Waals surface area contributed by atoms with E-state index in [0.29, 0.717) is 0 Å². The maximum Gasteiger partial charge on any atom is 0.303 e. The molecule has 1 aromatic rings. The number of hydrogen-bond donors (Lipinski definition) is 0. The summed E-state index contributed by atoms with van der Waals surface area (Å²) in [7, 11) is 0. The number of esters is 1. The average Bonchev–Trinajstić information content (AvgIpc) is 2.24. The van der Waals surface area contributed by atoms with Gasteiger partial charge >= 0.3 is 5.97 Å². The number of carbonyl (C=O) groups is 2. The Bertz CT molecular complexity index is 460. The number of benzene rings is 1. The molecule has 0 amide bonds. The molecule has 1 rings (SSSR count). The molecule has 0 bridgehead atoms. The van der Waals surface area contributed by atoms with Crippen LogP contribution in [0.4, 0.5) is 0 Å². The zero-order valence-corrected chi connectivity index (χ0v) is 10.3. The summed E-state index contributed by atoms with van der Waals surface area (Å²) in [6.45, 7) is 8.35. The number of ketones is 1. The molecule has 1 unspecified atom stereocenters. The molecule has 0 fully saturated rings. The Morgan fingerprint density at radius 2 is 1.94 bits per heavy atom. The molecule has 0 N–H and O–H groups in total. The van der Waals surface area contributed by atoms with Crippen LogP contribution in [-0.2, 0) is 14.3 Å². The zero-order valence-electron chi connectivity index (χ0n) is 10.3. The van der Waals surface area contributed by atoms with Crippen molar-refractivity contribution in [2.45, 2.75) is 26.9 Å². The fourth-order valence-electron chi connectivity index (χ4n) is 1.52. The van der Waals surface area contributed by atoms with Gasteiger partial charge in [0.2, 0.25) is 0 Å². The highest BCUT2D eigenvalue weighted by Gasteiger charge is 2.21. The van der Waals surface area contributed by atoms with Crippen LogP contribution in [0, 0.1) is 6.92 Å². The van der Waals surface area contributed by atoms with Crippen molar-refractivity contribution in [1.29, 1.82) is 0 Å². The van der Waals surface area contributed by atoms with E-state index in [9.17, 15) is 9.59 Å². The first-order chi connectivity index (χ1) is 7.91. The van der Waals surface area contributed by atoms with Gasteiger partial charge < -0.3 is 4.74 Å². The number of rotatable bonds is 4. The minimum Gasteiger partial charge on any atom is -0.453 e. The Morgan fingerprint density at radius 3 is 2.41 bits per heavy atom. The monoisotopic (exact) mass is 232 g/mol. The van der Waals surface area contributed by atoms with Gasteiger partial charge in [0.15, 0.2) is 11.9 Å². The van der Waals surface area contributed by atoms with Gasteiger partial charge in [-0.3, -0.25) is 9.59 Å². The summed E-state index contributed by atoms with van der Waals surface area (Å²) < 4.78 is 5.16. The van der Waals surface area contributed by atoms with Crippen molar-refractivity contribution in [3.8, 4) is 0 Å². The zero-order chi connectivity index (χ0) is 13.0. The van der Waals surface area contributed by atoms with Gasteiger partial charge in [0.05, 0.1) is 0 Å². The fraction of sp³-hybridized carbons (Fsp3) is 0.286. The van der Waals surface area contributed by atoms with E-state index in [1.807, 2.05) is 31.2 Å². The third-order valence-corrected chi connectivity index (χ3v) is 2.40. The van der Waals surface area contributed by atoms with Crippen LogP contribution in [-0.4, -0.2) is 11.8 Å². The lowest BCUT2D eigenvalue weighted by atomic mass is 9.98. The van der Waals surface area contributed by atoms with E-state index in [1.54, 1.807) is 0 Å². The summed E-state index contributed by atoms with van der Waals surface area (Å²) >= 11 is 0. The second-order valence-corrected chi connectivity index (χ2v) is 3.99. The molecule has 3 nitrogen and oxygen atoms in total. The molecular weight excluding hydrogens is 216 g/mol. The fourth-order valence-corrected chi connectivity index (χ4v) is 1.52. The first-order valence-corrected chi connectivity index (χ1v) is 5.35. The molecule has 0 heterocycles. The minimum absolute atomic E-state index is 0.183. The highest BCUT2D eigenvalue weighted by molar-refractivity contribution is 5.94. The van der Waals surface area contributed by atoms with Gasteiger partial charge in [-0.1, -0.05) is 36.4 Å². The molecule has 90 valence electrons. The van der Waals surface area contributed by atoms with Gasteiger partial charge in [0.25, 0.3) is 0 Å². The number of aryl methyl sites for hydroxylation is 1. The molecule has 17 heavy (non-hydrogen) atoms. The van der Waals surface area contributed by atoms with Crippen LogP contribution in [0.15, 0.2) is 36.4 Å². The molecule has 0 aliphatic rings. The van der Waals surface area contributed by atoms with E-state index >= 15 is 0 Å². The van der Waals surface area contributed by atoms with E-state index in [-0.39, 0.29) is 11.4 Å². The molecule has 1 aromatic carbocycles. The summed E-state index contributed by atoms with van der Waals surface area (Å²) in [4.78, 5) is 22.4. The van der Waals surface area contributed by atoms with Crippen molar-refractivity contribution in [2.75, 3.05) is 0 Å². The topological polar surface area (TPSA) is 43.4 Å². The smallest absolute Gasteiger partial charge is 0.303 e. The summed E-state index contributed by atoms with van der Waals surface area (Å²) in [5, 5.41) is 0. The quantitative estimate of drug-likeness (QED) is 0.592. The third kappa shape index (κ3) is 3.55. The number of carbonyl (C=O) groups excluding carboxylic acids is 2. The van der Waals surface area contributed by atoms with Crippen LogP contribution in [0.3, 0.4) is 0 Å². The molecule has 3 heteroatoms. The molecule has 0 saturated carbocycles. The van der Waals surface area contributed by atoms with Crippen molar-refractivity contribution in [1.82, 2.24) is 0 Å². The molecule has 0 aliphatic carbocycles. The Balaban J connectivity index is 3.10. The SMILES string of the molecule is C=C(C(C)=O)C(OC(C)=O)c1cccc(C)c1. The Kier molecular flexibility index (Phi) is 4.21. The summed E-state index contributed by atoms with van der Waals surface area (Å²) in [6, 6.07) is 7.48. The van der Waals surface area contributed by atoms with Gasteiger partial charge in [-0.2, -0.15) is 0 Å². The Labute approximate surface area is 101 Å². The summed E-state index contributed by atoms with van der Waals surface area (Å²) in [5.41, 5.74) is 2.09. The molecular formula is C14H16O3. The van der Waals surface area contributed by atoms with Crippen LogP contribution in [0.5, 0.6) is 0 Å². The van der Waals surface area contributed by atoms with Crippen molar-refractivity contribution in [2.24, 2.45) is 0 Å². The summed E-state index contributed by atoms with van der Waals surface area (Å²) in [5.74, 6) is -0.614. The van der Waals surface area contributed by atoms with Crippen LogP contribution >= 0.6 is 0 Å². The Morgan fingerprint density at radius 1 is 1.29 bits per heavy atom. The van der Waals surface area contributed by atoms with Crippen LogP contribution < -0.4 is 0 Å². The van der Waals surface area contributed by atoms with Crippen LogP contribution in [0.25, 0.3) is 0 Å². The second kappa shape index (κ2) is 5.43. The average molecular weight is 232 g/mol. The van der Waals surface area contributed by atoms with Crippen molar-refractivity contribution in [3.63, 3.8) is 0 Å². The molecule has 1 atom stereocenters. The molecule has 0 saturated heterocycles. The molecule has 0 aliphatic heterocycles. The van der Waals surface area contributed by atoms with Gasteiger partial charge in [-0.15, -0.1) is 0 Å². The normalized spacial score (nSPS) is 11.7. The highest BCUT2D eigenvalue weighted by atomic mass is 16.5. The number of ether oxygens (including phenoxy) is 1. The van der Waals surface area contributed by atoms with Crippen LogP contribution in [0.1, 0.15) is 31.1 Å². The van der Waals surface area contributed by atoms with E-state index in [1.165, 1.54) is 13.8 Å². The van der Waals surface area contributed by atoms with Gasteiger partial charge in [0.1, 0.15) is 0 Å². The number of Topliss-reactive ketones (excluding diaryl/α,β-unsaturated/α-hetero) is 1. The lowest BCUT2D eigenvalue weighted by Crippen LogP contribution is -2.14. The largest absolute Gasteiger partial charge is 0.453 e. The van der Waals surface area contributed by atoms with Crippen LogP contribution in [0.2, 0.25) is 0 Å². The molecule has 0 radical (unpaired) electrons. The maximum absolute atomic E-state index is 11.3. The predicted octanol–water partition coefficient (Wildman–Crippen LogP) is 2.74. The third-order valence-electron chi connectivity index (χ3n) is 2.40. The van der Waals surface area contributed by atoms with E-state index < -0.39 is 12.1 Å². The van der Waals surface area contributed by atoms with Crippen molar-refractivity contribution in [3.05, 3.63) is 47.5 Å². The van der Waals surface area contributed by atoms with E-state index in [2.05, 4.69) is 6.58 Å². The maximum atomic E-state index is 11.3. The minimum atomic E-state index is -0.690. The van der Waals surface area contributed by atoms with E-state index in [0.717, 1.165) is 11.1 Å². The predicted molar refractivity (Wildman–Crippen MR) is 65.5 cm³/mol. The molecule has 0 spiro atoms. The lowest BCUT2D eigenvalue weighted by molar-refractivity contribution is -0.145. The van der Waals surface area contributed by atoms with E-state index in [4.69, 9.17) is 4.74 Å². The highest BCUT2D eigenvalue weighted by Crippen LogP contribution is 2.26. The molecule has 0 aromatic heterocycles. The van der Waals surface area contributed by atoms with Crippen molar-refractivity contribution < 1.29 is 14.3 Å². The van der Waals surface area contributed by atoms with Gasteiger partial charge in [-0.25, -0.2) is 0 Å². The standard InChI is InChI=1S/C14H16O3/c1-9-6-5-7-13(8-9)14(17-12(4)16)10(2)11(3)15/h5-8,14H,2H2,1,3-4H3.